The molecule has 0 bridgehead atoms. The van der Waals surface area contributed by atoms with Crippen molar-refractivity contribution >= 4 is 17.4 Å². The average molecular weight is 281 g/mol. The minimum absolute atomic E-state index is 0.348. The van der Waals surface area contributed by atoms with Crippen molar-refractivity contribution in [1.29, 1.82) is 0 Å². The Morgan fingerprint density at radius 1 is 1.05 bits per heavy atom. The molecule has 0 atom stereocenters. The molecule has 108 valence electrons. The van der Waals surface area contributed by atoms with Gasteiger partial charge in [-0.2, -0.15) is 5.10 Å². The van der Waals surface area contributed by atoms with E-state index in [4.69, 9.17) is 0 Å². The lowest BCUT2D eigenvalue weighted by atomic mass is 10.1. The Bertz CT molecular complexity index is 618. The van der Waals surface area contributed by atoms with E-state index in [1.807, 2.05) is 68.4 Å². The molecule has 2 aromatic rings. The number of rotatable bonds is 4. The second kappa shape index (κ2) is 7.24. The highest BCUT2D eigenvalue weighted by Crippen LogP contribution is 2.07. The Morgan fingerprint density at radius 2 is 1.71 bits per heavy atom. The lowest BCUT2D eigenvalue weighted by Gasteiger charge is -2.07. The van der Waals surface area contributed by atoms with Crippen molar-refractivity contribution in [1.82, 2.24) is 5.43 Å². The predicted molar refractivity (Wildman–Crippen MR) is 86.6 cm³/mol. The van der Waals surface area contributed by atoms with Crippen molar-refractivity contribution in [2.24, 2.45) is 5.10 Å². The zero-order valence-corrected chi connectivity index (χ0v) is 12.3. The van der Waals surface area contributed by atoms with Crippen molar-refractivity contribution in [3.8, 4) is 0 Å². The minimum atomic E-state index is -0.348. The van der Waals surface area contributed by atoms with E-state index in [2.05, 4.69) is 15.8 Å². The maximum absolute atomic E-state index is 11.8. The van der Waals surface area contributed by atoms with Crippen molar-refractivity contribution in [3.05, 3.63) is 65.7 Å². The first-order chi connectivity index (χ1) is 10.2. The van der Waals surface area contributed by atoms with Crippen molar-refractivity contribution in [2.75, 3.05) is 5.32 Å². The van der Waals surface area contributed by atoms with Crippen LogP contribution in [0.4, 0.5) is 10.5 Å². The molecule has 0 aromatic heterocycles. The Balaban J connectivity index is 2.00. The van der Waals surface area contributed by atoms with Crippen LogP contribution in [0.5, 0.6) is 0 Å². The van der Waals surface area contributed by atoms with Crippen LogP contribution in [0.1, 0.15) is 24.5 Å². The van der Waals surface area contributed by atoms with Crippen molar-refractivity contribution in [2.45, 2.75) is 20.3 Å². The molecule has 2 aromatic carbocycles. The van der Waals surface area contributed by atoms with E-state index in [-0.39, 0.29) is 6.03 Å². The fourth-order valence-corrected chi connectivity index (χ4v) is 1.89. The van der Waals surface area contributed by atoms with Crippen LogP contribution < -0.4 is 10.7 Å². The van der Waals surface area contributed by atoms with Gasteiger partial charge in [0, 0.05) is 5.69 Å². The maximum Gasteiger partial charge on any atom is 0.339 e. The molecule has 0 aliphatic rings. The van der Waals surface area contributed by atoms with Gasteiger partial charge in [-0.05, 0) is 31.0 Å². The lowest BCUT2D eigenvalue weighted by Crippen LogP contribution is -2.25. The van der Waals surface area contributed by atoms with Crippen molar-refractivity contribution < 1.29 is 4.79 Å². The number of amides is 2. The minimum Gasteiger partial charge on any atom is -0.307 e. The van der Waals surface area contributed by atoms with Crippen LogP contribution in [0.2, 0.25) is 0 Å². The van der Waals surface area contributed by atoms with Crippen LogP contribution in [0, 0.1) is 6.92 Å². The molecule has 0 unspecified atom stereocenters. The fourth-order valence-electron chi connectivity index (χ4n) is 1.89. The Morgan fingerprint density at radius 3 is 2.33 bits per heavy atom. The third-order valence-corrected chi connectivity index (χ3v) is 3.04. The quantitative estimate of drug-likeness (QED) is 0.647. The molecule has 0 heterocycles. The number of nitrogens with zero attached hydrogens (tertiary/aromatic N) is 1. The van der Waals surface area contributed by atoms with Crippen LogP contribution in [-0.2, 0) is 0 Å². The summed E-state index contributed by atoms with van der Waals surface area (Å²) in [6.07, 6.45) is 0.745. The Labute approximate surface area is 124 Å². The molecule has 21 heavy (non-hydrogen) atoms. The van der Waals surface area contributed by atoms with Gasteiger partial charge in [-0.1, -0.05) is 55.0 Å². The molecular formula is C17H19N3O. The number of carbonyl (C=O) groups excluding carboxylic acids is 1. The standard InChI is InChI=1S/C17H19N3O/c1-3-16(14-11-9-13(2)10-12-14)19-20-17(21)18-15-7-5-4-6-8-15/h4-12H,3H2,1-2H3,(H2,18,20,21)/b19-16-. The number of hydrogen-bond acceptors (Lipinski definition) is 2. The van der Waals surface area contributed by atoms with E-state index in [1.165, 1.54) is 5.56 Å². The summed E-state index contributed by atoms with van der Waals surface area (Å²) in [6, 6.07) is 17.0. The van der Waals surface area contributed by atoms with Gasteiger partial charge in [0.25, 0.3) is 0 Å². The summed E-state index contributed by atoms with van der Waals surface area (Å²) in [4.78, 5) is 11.8. The van der Waals surface area contributed by atoms with Crippen LogP contribution in [0.3, 0.4) is 0 Å². The highest BCUT2D eigenvalue weighted by Gasteiger charge is 2.03. The number of urea groups is 1. The fraction of sp³-hybridized carbons (Fsp3) is 0.176. The van der Waals surface area contributed by atoms with Gasteiger partial charge < -0.3 is 5.32 Å². The maximum atomic E-state index is 11.8. The smallest absolute Gasteiger partial charge is 0.307 e. The Kier molecular flexibility index (Phi) is 5.10. The first-order valence-corrected chi connectivity index (χ1v) is 6.94. The molecule has 0 saturated heterocycles. The summed E-state index contributed by atoms with van der Waals surface area (Å²) in [5.74, 6) is 0. The highest BCUT2D eigenvalue weighted by molar-refractivity contribution is 6.01. The van der Waals surface area contributed by atoms with E-state index in [0.717, 1.165) is 23.4 Å². The van der Waals surface area contributed by atoms with E-state index < -0.39 is 0 Å². The second-order valence-corrected chi connectivity index (χ2v) is 4.71. The third kappa shape index (κ3) is 4.45. The molecular weight excluding hydrogens is 262 g/mol. The van der Waals surface area contributed by atoms with E-state index in [0.29, 0.717) is 0 Å². The van der Waals surface area contributed by atoms with Crippen molar-refractivity contribution in [3.63, 3.8) is 0 Å². The van der Waals surface area contributed by atoms with Gasteiger partial charge in [0.05, 0.1) is 5.71 Å². The van der Waals surface area contributed by atoms with E-state index in [1.54, 1.807) is 0 Å². The zero-order chi connectivity index (χ0) is 15.1. The molecule has 2 N–H and O–H groups in total. The predicted octanol–water partition coefficient (Wildman–Crippen LogP) is 3.93. The third-order valence-electron chi connectivity index (χ3n) is 3.04. The molecule has 0 aliphatic carbocycles. The van der Waals surface area contributed by atoms with Gasteiger partial charge in [0.2, 0.25) is 0 Å². The molecule has 2 amide bonds. The number of aryl methyl sites for hydroxylation is 1. The first kappa shape index (κ1) is 14.8. The number of carbonyl (C=O) groups is 1. The van der Waals surface area contributed by atoms with E-state index in [9.17, 15) is 4.79 Å². The highest BCUT2D eigenvalue weighted by atomic mass is 16.2. The second-order valence-electron chi connectivity index (χ2n) is 4.71. The van der Waals surface area contributed by atoms with Crippen LogP contribution >= 0.6 is 0 Å². The number of benzene rings is 2. The molecule has 4 heteroatoms. The van der Waals surface area contributed by atoms with Crippen LogP contribution in [-0.4, -0.2) is 11.7 Å². The molecule has 0 radical (unpaired) electrons. The SMILES string of the molecule is CC/C(=N/NC(=O)Nc1ccccc1)c1ccc(C)cc1. The number of hydrazone groups is 1. The molecule has 0 fully saturated rings. The molecule has 0 saturated carbocycles. The van der Waals surface area contributed by atoms with Gasteiger partial charge in [-0.3, -0.25) is 0 Å². The Hall–Kier alpha value is -2.62. The van der Waals surface area contributed by atoms with E-state index >= 15 is 0 Å². The lowest BCUT2D eigenvalue weighted by molar-refractivity contribution is 0.252. The van der Waals surface area contributed by atoms with Gasteiger partial charge in [0.15, 0.2) is 0 Å². The largest absolute Gasteiger partial charge is 0.339 e. The summed E-state index contributed by atoms with van der Waals surface area (Å²) in [7, 11) is 0. The molecule has 0 spiro atoms. The molecule has 4 nitrogen and oxygen atoms in total. The summed E-state index contributed by atoms with van der Waals surface area (Å²) in [6.45, 7) is 4.05. The first-order valence-electron chi connectivity index (χ1n) is 6.94. The van der Waals surface area contributed by atoms with Crippen LogP contribution in [0.15, 0.2) is 59.7 Å². The van der Waals surface area contributed by atoms with Gasteiger partial charge in [0.1, 0.15) is 0 Å². The van der Waals surface area contributed by atoms with Gasteiger partial charge in [-0.25, -0.2) is 10.2 Å². The van der Waals surface area contributed by atoms with Gasteiger partial charge in [-0.15, -0.1) is 0 Å². The summed E-state index contributed by atoms with van der Waals surface area (Å²) in [5.41, 5.74) is 6.33. The average Bonchev–Trinajstić information content (AvgIpc) is 2.50. The van der Waals surface area contributed by atoms with Gasteiger partial charge >= 0.3 is 6.03 Å². The number of nitrogens with one attached hydrogen (secondary N) is 2. The number of anilines is 1. The normalized spacial score (nSPS) is 11.0. The number of hydrogen-bond donors (Lipinski definition) is 2. The molecule has 0 aliphatic heterocycles. The summed E-state index contributed by atoms with van der Waals surface area (Å²) in [5, 5.41) is 6.92. The summed E-state index contributed by atoms with van der Waals surface area (Å²) >= 11 is 0. The summed E-state index contributed by atoms with van der Waals surface area (Å²) < 4.78 is 0. The number of para-hydroxylation sites is 1. The zero-order valence-electron chi connectivity index (χ0n) is 12.3. The molecule has 2 rings (SSSR count). The topological polar surface area (TPSA) is 53.5 Å². The van der Waals surface area contributed by atoms with Crippen LogP contribution in [0.25, 0.3) is 0 Å². The monoisotopic (exact) mass is 281 g/mol.